The second-order valence-electron chi connectivity index (χ2n) is 4.87. The maximum atomic E-state index is 5.41. The first-order chi connectivity index (χ1) is 10.7. The summed E-state index contributed by atoms with van der Waals surface area (Å²) in [6, 6.07) is 13.6. The molecule has 4 nitrogen and oxygen atoms in total. The summed E-state index contributed by atoms with van der Waals surface area (Å²) in [7, 11) is 3.24. The molecule has 0 spiro atoms. The summed E-state index contributed by atoms with van der Waals surface area (Å²) >= 11 is 5.41. The highest BCUT2D eigenvalue weighted by Gasteiger charge is 2.16. The first-order valence-corrected chi connectivity index (χ1v) is 7.31. The number of thiocarbonyl (C=S) groups is 1. The van der Waals surface area contributed by atoms with E-state index >= 15 is 0 Å². The van der Waals surface area contributed by atoms with Crippen LogP contribution in [0.25, 0.3) is 0 Å². The zero-order valence-corrected chi connectivity index (χ0v) is 13.2. The summed E-state index contributed by atoms with van der Waals surface area (Å²) in [5.74, 6) is 1.38. The van der Waals surface area contributed by atoms with Gasteiger partial charge in [0, 0.05) is 12.0 Å². The molecule has 1 aliphatic rings. The molecular weight excluding hydrogens is 296 g/mol. The van der Waals surface area contributed by atoms with Gasteiger partial charge in [0.25, 0.3) is 0 Å². The standard InChI is InChI=1S/C17H16N2O2S/c1-20-15-8-7-11(9-16(15)21-2)14-10-17(22)19-13-6-4-3-5-12(13)18-14/h3-9H,10H2,1-2H3,(H,19,22). The number of rotatable bonds is 3. The van der Waals surface area contributed by atoms with Gasteiger partial charge in [-0.15, -0.1) is 0 Å². The van der Waals surface area contributed by atoms with E-state index in [1.54, 1.807) is 14.2 Å². The minimum absolute atomic E-state index is 0.583. The number of hydrogen-bond donors (Lipinski definition) is 1. The third kappa shape index (κ3) is 2.80. The Labute approximate surface area is 134 Å². The van der Waals surface area contributed by atoms with Crippen LogP contribution in [0.4, 0.5) is 11.4 Å². The van der Waals surface area contributed by atoms with E-state index in [1.165, 1.54) is 0 Å². The highest BCUT2D eigenvalue weighted by molar-refractivity contribution is 7.80. The van der Waals surface area contributed by atoms with Crippen LogP contribution in [0.5, 0.6) is 11.5 Å². The van der Waals surface area contributed by atoms with Gasteiger partial charge in [-0.2, -0.15) is 0 Å². The lowest BCUT2D eigenvalue weighted by atomic mass is 10.1. The predicted molar refractivity (Wildman–Crippen MR) is 93.0 cm³/mol. The van der Waals surface area contributed by atoms with Gasteiger partial charge in [0.15, 0.2) is 11.5 Å². The van der Waals surface area contributed by atoms with Crippen LogP contribution in [0, 0.1) is 0 Å². The van der Waals surface area contributed by atoms with Crippen LogP contribution in [0.2, 0.25) is 0 Å². The molecule has 1 heterocycles. The van der Waals surface area contributed by atoms with Crippen molar-refractivity contribution >= 4 is 34.3 Å². The molecule has 2 aromatic carbocycles. The monoisotopic (exact) mass is 312 g/mol. The number of aliphatic imine (C=N–C) groups is 1. The Hall–Kier alpha value is -2.40. The fourth-order valence-corrected chi connectivity index (χ4v) is 2.64. The Morgan fingerprint density at radius 2 is 1.82 bits per heavy atom. The summed E-state index contributed by atoms with van der Waals surface area (Å²) in [6.45, 7) is 0. The largest absolute Gasteiger partial charge is 0.493 e. The SMILES string of the molecule is COc1ccc(C2=Nc3ccccc3NC(=S)C2)cc1OC. The van der Waals surface area contributed by atoms with Crippen LogP contribution in [-0.4, -0.2) is 24.9 Å². The molecule has 5 heteroatoms. The molecule has 112 valence electrons. The normalized spacial score (nSPS) is 13.5. The van der Waals surface area contributed by atoms with Crippen molar-refractivity contribution in [3.8, 4) is 11.5 Å². The van der Waals surface area contributed by atoms with Crippen molar-refractivity contribution in [2.24, 2.45) is 4.99 Å². The van der Waals surface area contributed by atoms with Crippen molar-refractivity contribution < 1.29 is 9.47 Å². The number of para-hydroxylation sites is 2. The Balaban J connectivity index is 2.07. The van der Waals surface area contributed by atoms with Crippen LogP contribution >= 0.6 is 12.2 Å². The van der Waals surface area contributed by atoms with Crippen molar-refractivity contribution in [1.82, 2.24) is 0 Å². The lowest BCUT2D eigenvalue weighted by Crippen LogP contribution is -2.13. The number of anilines is 1. The minimum Gasteiger partial charge on any atom is -0.493 e. The van der Waals surface area contributed by atoms with Gasteiger partial charge in [-0.3, -0.25) is 4.99 Å². The Morgan fingerprint density at radius 1 is 1.05 bits per heavy atom. The van der Waals surface area contributed by atoms with Crippen molar-refractivity contribution in [3.63, 3.8) is 0 Å². The van der Waals surface area contributed by atoms with Gasteiger partial charge < -0.3 is 14.8 Å². The average molecular weight is 312 g/mol. The van der Waals surface area contributed by atoms with Gasteiger partial charge in [-0.1, -0.05) is 24.4 Å². The molecule has 0 saturated carbocycles. The molecule has 0 fully saturated rings. The Bertz CT molecular complexity index is 756. The summed E-state index contributed by atoms with van der Waals surface area (Å²) in [6.07, 6.45) is 0.583. The first kappa shape index (κ1) is 14.5. The van der Waals surface area contributed by atoms with Crippen molar-refractivity contribution in [2.75, 3.05) is 19.5 Å². The molecule has 3 rings (SSSR count). The van der Waals surface area contributed by atoms with Crippen LogP contribution in [0.1, 0.15) is 12.0 Å². The highest BCUT2D eigenvalue weighted by Crippen LogP contribution is 2.32. The number of fused-ring (bicyclic) bond motifs is 1. The summed E-state index contributed by atoms with van der Waals surface area (Å²) < 4.78 is 10.6. The maximum absolute atomic E-state index is 5.41. The van der Waals surface area contributed by atoms with Crippen molar-refractivity contribution in [2.45, 2.75) is 6.42 Å². The third-order valence-electron chi connectivity index (χ3n) is 3.48. The number of benzene rings is 2. The predicted octanol–water partition coefficient (Wildman–Crippen LogP) is 3.97. The molecule has 0 saturated heterocycles. The quantitative estimate of drug-likeness (QED) is 0.871. The fourth-order valence-electron chi connectivity index (χ4n) is 2.39. The molecule has 0 aromatic heterocycles. The van der Waals surface area contributed by atoms with E-state index in [1.807, 2.05) is 42.5 Å². The highest BCUT2D eigenvalue weighted by atomic mass is 32.1. The third-order valence-corrected chi connectivity index (χ3v) is 3.72. The topological polar surface area (TPSA) is 42.8 Å². The van der Waals surface area contributed by atoms with Crippen molar-refractivity contribution in [3.05, 3.63) is 48.0 Å². The lowest BCUT2D eigenvalue weighted by Gasteiger charge is -2.10. The molecule has 0 atom stereocenters. The molecule has 0 radical (unpaired) electrons. The average Bonchev–Trinajstić information content (AvgIpc) is 2.72. The van der Waals surface area contributed by atoms with Gasteiger partial charge in [-0.25, -0.2) is 0 Å². The Kier molecular flexibility index (Phi) is 4.06. The zero-order chi connectivity index (χ0) is 15.5. The molecule has 0 bridgehead atoms. The van der Waals surface area contributed by atoms with E-state index in [2.05, 4.69) is 5.32 Å². The molecule has 1 aliphatic heterocycles. The lowest BCUT2D eigenvalue weighted by molar-refractivity contribution is 0.355. The molecular formula is C17H16N2O2S. The molecule has 0 aliphatic carbocycles. The second-order valence-corrected chi connectivity index (χ2v) is 5.36. The van der Waals surface area contributed by atoms with E-state index in [4.69, 9.17) is 26.7 Å². The van der Waals surface area contributed by atoms with Gasteiger partial charge in [0.1, 0.15) is 0 Å². The first-order valence-electron chi connectivity index (χ1n) is 6.90. The smallest absolute Gasteiger partial charge is 0.161 e. The molecule has 22 heavy (non-hydrogen) atoms. The minimum atomic E-state index is 0.583. The summed E-state index contributed by atoms with van der Waals surface area (Å²) in [5.41, 5.74) is 3.69. The van der Waals surface area contributed by atoms with Crippen LogP contribution in [0.3, 0.4) is 0 Å². The molecule has 0 unspecified atom stereocenters. The van der Waals surface area contributed by atoms with Crippen LogP contribution in [0.15, 0.2) is 47.5 Å². The number of methoxy groups -OCH3 is 2. The Morgan fingerprint density at radius 3 is 2.59 bits per heavy atom. The van der Waals surface area contributed by atoms with E-state index in [0.717, 1.165) is 27.6 Å². The second kappa shape index (κ2) is 6.15. The summed E-state index contributed by atoms with van der Waals surface area (Å²) in [5, 5.41) is 3.23. The van der Waals surface area contributed by atoms with Gasteiger partial charge in [0.05, 0.1) is 36.3 Å². The molecule has 0 amide bonds. The summed E-state index contributed by atoms with van der Waals surface area (Å²) in [4.78, 5) is 5.51. The van der Waals surface area contributed by atoms with E-state index in [-0.39, 0.29) is 0 Å². The number of ether oxygens (including phenoxy) is 2. The van der Waals surface area contributed by atoms with E-state index < -0.39 is 0 Å². The van der Waals surface area contributed by atoms with Crippen LogP contribution < -0.4 is 14.8 Å². The van der Waals surface area contributed by atoms with E-state index in [9.17, 15) is 0 Å². The molecule has 1 N–H and O–H groups in total. The van der Waals surface area contributed by atoms with Gasteiger partial charge >= 0.3 is 0 Å². The van der Waals surface area contributed by atoms with E-state index in [0.29, 0.717) is 17.9 Å². The zero-order valence-electron chi connectivity index (χ0n) is 12.4. The van der Waals surface area contributed by atoms with Crippen molar-refractivity contribution in [1.29, 1.82) is 0 Å². The number of nitrogens with one attached hydrogen (secondary N) is 1. The van der Waals surface area contributed by atoms with Gasteiger partial charge in [-0.05, 0) is 30.3 Å². The van der Waals surface area contributed by atoms with Crippen LogP contribution in [-0.2, 0) is 0 Å². The number of nitrogens with zero attached hydrogens (tertiary/aromatic N) is 1. The maximum Gasteiger partial charge on any atom is 0.161 e. The number of hydrogen-bond acceptors (Lipinski definition) is 4. The van der Waals surface area contributed by atoms with Gasteiger partial charge in [0.2, 0.25) is 0 Å². The molecule has 2 aromatic rings. The fraction of sp³-hybridized carbons (Fsp3) is 0.176.